The van der Waals surface area contributed by atoms with Crippen LogP contribution in [-0.2, 0) is 6.61 Å². The Kier molecular flexibility index (Phi) is 2.87. The maximum absolute atomic E-state index is 13.3. The van der Waals surface area contributed by atoms with Crippen LogP contribution in [0.3, 0.4) is 0 Å². The molecular formula is C14H12FNO3. The fraction of sp³-hybridized carbons (Fsp3) is 0.143. The molecule has 0 radical (unpaired) electrons. The van der Waals surface area contributed by atoms with E-state index in [1.807, 2.05) is 0 Å². The monoisotopic (exact) mass is 261 g/mol. The summed E-state index contributed by atoms with van der Waals surface area (Å²) in [5, 5.41) is 0. The molecule has 5 heteroatoms. The van der Waals surface area contributed by atoms with Crippen LogP contribution >= 0.6 is 0 Å². The molecule has 0 aliphatic carbocycles. The zero-order valence-corrected chi connectivity index (χ0v) is 10.1. The lowest BCUT2D eigenvalue weighted by Gasteiger charge is -2.07. The van der Waals surface area contributed by atoms with E-state index in [-0.39, 0.29) is 19.1 Å². The maximum Gasteiger partial charge on any atom is 0.231 e. The average Bonchev–Trinajstić information content (AvgIpc) is 2.87. The molecule has 0 saturated carbocycles. The van der Waals surface area contributed by atoms with Crippen LogP contribution in [0.4, 0.5) is 10.1 Å². The van der Waals surface area contributed by atoms with Crippen molar-refractivity contribution in [2.45, 2.75) is 6.61 Å². The van der Waals surface area contributed by atoms with Crippen molar-refractivity contribution in [2.24, 2.45) is 0 Å². The second kappa shape index (κ2) is 4.68. The summed E-state index contributed by atoms with van der Waals surface area (Å²) in [6.07, 6.45) is 0. The normalized spacial score (nSPS) is 12.5. The summed E-state index contributed by atoms with van der Waals surface area (Å²) in [4.78, 5) is 0. The van der Waals surface area contributed by atoms with E-state index < -0.39 is 5.82 Å². The van der Waals surface area contributed by atoms with Gasteiger partial charge in [-0.2, -0.15) is 0 Å². The smallest absolute Gasteiger partial charge is 0.231 e. The Hall–Kier alpha value is -2.43. The summed E-state index contributed by atoms with van der Waals surface area (Å²) in [5.41, 5.74) is 6.25. The number of nitrogen functional groups attached to an aromatic ring is 1. The lowest BCUT2D eigenvalue weighted by molar-refractivity contribution is 0.173. The first-order chi connectivity index (χ1) is 9.22. The first-order valence-electron chi connectivity index (χ1n) is 5.79. The van der Waals surface area contributed by atoms with Gasteiger partial charge < -0.3 is 19.9 Å². The van der Waals surface area contributed by atoms with Crippen LogP contribution in [0.25, 0.3) is 0 Å². The number of fused-ring (bicyclic) bond motifs is 1. The van der Waals surface area contributed by atoms with Gasteiger partial charge in [0, 0.05) is 6.07 Å². The van der Waals surface area contributed by atoms with Gasteiger partial charge in [-0.25, -0.2) is 4.39 Å². The summed E-state index contributed by atoms with van der Waals surface area (Å²) in [7, 11) is 0. The third-order valence-corrected chi connectivity index (χ3v) is 2.81. The van der Waals surface area contributed by atoms with Gasteiger partial charge in [0.2, 0.25) is 6.79 Å². The van der Waals surface area contributed by atoms with Crippen LogP contribution < -0.4 is 19.9 Å². The number of nitrogens with two attached hydrogens (primary N) is 1. The van der Waals surface area contributed by atoms with Crippen molar-refractivity contribution in [1.82, 2.24) is 0 Å². The Labute approximate surface area is 109 Å². The molecule has 3 rings (SSSR count). The zero-order valence-electron chi connectivity index (χ0n) is 10.1. The van der Waals surface area contributed by atoms with Gasteiger partial charge in [-0.05, 0) is 29.8 Å². The Morgan fingerprint density at radius 3 is 2.79 bits per heavy atom. The fourth-order valence-corrected chi connectivity index (χ4v) is 1.79. The van der Waals surface area contributed by atoms with Crippen LogP contribution in [-0.4, -0.2) is 6.79 Å². The fourth-order valence-electron chi connectivity index (χ4n) is 1.79. The van der Waals surface area contributed by atoms with Gasteiger partial charge in [-0.3, -0.25) is 0 Å². The number of hydrogen-bond donors (Lipinski definition) is 1. The number of rotatable bonds is 3. The molecular weight excluding hydrogens is 249 g/mol. The van der Waals surface area contributed by atoms with E-state index in [0.717, 1.165) is 0 Å². The standard InChI is InChI=1S/C14H12FNO3/c15-11-5-9(1-3-12(11)16)7-17-10-2-4-13-14(6-10)19-8-18-13/h1-6H,7-8,16H2. The molecule has 1 aliphatic rings. The molecule has 98 valence electrons. The minimum Gasteiger partial charge on any atom is -0.489 e. The molecule has 0 unspecified atom stereocenters. The van der Waals surface area contributed by atoms with E-state index in [1.54, 1.807) is 24.3 Å². The molecule has 2 aromatic rings. The van der Waals surface area contributed by atoms with Crippen molar-refractivity contribution in [3.05, 3.63) is 47.8 Å². The number of anilines is 1. The molecule has 1 heterocycles. The van der Waals surface area contributed by atoms with E-state index in [1.165, 1.54) is 12.1 Å². The Morgan fingerprint density at radius 1 is 1.11 bits per heavy atom. The van der Waals surface area contributed by atoms with Gasteiger partial charge >= 0.3 is 0 Å². The third-order valence-electron chi connectivity index (χ3n) is 2.81. The van der Waals surface area contributed by atoms with E-state index in [4.69, 9.17) is 19.9 Å². The molecule has 0 fully saturated rings. The predicted molar refractivity (Wildman–Crippen MR) is 67.7 cm³/mol. The lowest BCUT2D eigenvalue weighted by Crippen LogP contribution is -1.98. The van der Waals surface area contributed by atoms with Crippen molar-refractivity contribution in [1.29, 1.82) is 0 Å². The molecule has 0 bridgehead atoms. The molecule has 4 nitrogen and oxygen atoms in total. The topological polar surface area (TPSA) is 53.7 Å². The Morgan fingerprint density at radius 2 is 1.95 bits per heavy atom. The van der Waals surface area contributed by atoms with E-state index >= 15 is 0 Å². The van der Waals surface area contributed by atoms with Gasteiger partial charge in [0.05, 0.1) is 5.69 Å². The third kappa shape index (κ3) is 2.40. The molecule has 0 amide bonds. The molecule has 2 N–H and O–H groups in total. The van der Waals surface area contributed by atoms with Gasteiger partial charge in [0.15, 0.2) is 11.5 Å². The first-order valence-corrected chi connectivity index (χ1v) is 5.79. The molecule has 2 aromatic carbocycles. The summed E-state index contributed by atoms with van der Waals surface area (Å²) >= 11 is 0. The van der Waals surface area contributed by atoms with Crippen molar-refractivity contribution >= 4 is 5.69 Å². The average molecular weight is 261 g/mol. The second-order valence-corrected chi connectivity index (χ2v) is 4.16. The van der Waals surface area contributed by atoms with Crippen molar-refractivity contribution < 1.29 is 18.6 Å². The highest BCUT2D eigenvalue weighted by molar-refractivity contribution is 5.47. The molecule has 1 aliphatic heterocycles. The maximum atomic E-state index is 13.3. The van der Waals surface area contributed by atoms with Crippen LogP contribution in [0.15, 0.2) is 36.4 Å². The van der Waals surface area contributed by atoms with Crippen molar-refractivity contribution in [2.75, 3.05) is 12.5 Å². The quantitative estimate of drug-likeness (QED) is 0.863. The van der Waals surface area contributed by atoms with E-state index in [2.05, 4.69) is 0 Å². The Bertz CT molecular complexity index is 616. The number of halogens is 1. The lowest BCUT2D eigenvalue weighted by atomic mass is 10.2. The second-order valence-electron chi connectivity index (χ2n) is 4.16. The molecule has 0 saturated heterocycles. The van der Waals surface area contributed by atoms with Crippen molar-refractivity contribution in [3.63, 3.8) is 0 Å². The van der Waals surface area contributed by atoms with E-state index in [0.29, 0.717) is 22.8 Å². The summed E-state index contributed by atoms with van der Waals surface area (Å²) in [6, 6.07) is 9.92. The van der Waals surface area contributed by atoms with Crippen LogP contribution in [0.1, 0.15) is 5.56 Å². The summed E-state index contributed by atoms with van der Waals surface area (Å²) in [6.45, 7) is 0.485. The summed E-state index contributed by atoms with van der Waals surface area (Å²) < 4.78 is 29.3. The van der Waals surface area contributed by atoms with E-state index in [9.17, 15) is 4.39 Å². The molecule has 0 spiro atoms. The highest BCUT2D eigenvalue weighted by Crippen LogP contribution is 2.35. The van der Waals surface area contributed by atoms with Crippen LogP contribution in [0.2, 0.25) is 0 Å². The minimum absolute atomic E-state index is 0.131. The highest BCUT2D eigenvalue weighted by atomic mass is 19.1. The SMILES string of the molecule is Nc1ccc(COc2ccc3c(c2)OCO3)cc1F. The largest absolute Gasteiger partial charge is 0.489 e. The highest BCUT2D eigenvalue weighted by Gasteiger charge is 2.13. The molecule has 19 heavy (non-hydrogen) atoms. The number of ether oxygens (including phenoxy) is 3. The van der Waals surface area contributed by atoms with Gasteiger partial charge in [0.1, 0.15) is 18.2 Å². The summed E-state index contributed by atoms with van der Waals surface area (Å²) in [5.74, 6) is 1.56. The zero-order chi connectivity index (χ0) is 13.2. The van der Waals surface area contributed by atoms with Gasteiger partial charge in [-0.1, -0.05) is 6.07 Å². The molecule has 0 atom stereocenters. The molecule has 0 aromatic heterocycles. The number of hydrogen-bond acceptors (Lipinski definition) is 4. The van der Waals surface area contributed by atoms with Crippen LogP contribution in [0.5, 0.6) is 17.2 Å². The Balaban J connectivity index is 1.70. The first kappa shape index (κ1) is 11.6. The van der Waals surface area contributed by atoms with Gasteiger partial charge in [-0.15, -0.1) is 0 Å². The minimum atomic E-state index is -0.438. The number of benzene rings is 2. The van der Waals surface area contributed by atoms with Crippen molar-refractivity contribution in [3.8, 4) is 17.2 Å². The predicted octanol–water partition coefficient (Wildman–Crippen LogP) is 2.72. The van der Waals surface area contributed by atoms with Gasteiger partial charge in [0.25, 0.3) is 0 Å². The van der Waals surface area contributed by atoms with Crippen LogP contribution in [0, 0.1) is 5.82 Å².